The van der Waals surface area contributed by atoms with Gasteiger partial charge in [0.1, 0.15) is 11.5 Å². The average Bonchev–Trinajstić information content (AvgIpc) is 2.88. The lowest BCUT2D eigenvalue weighted by molar-refractivity contribution is 0.0746. The van der Waals surface area contributed by atoms with Gasteiger partial charge in [-0.2, -0.15) is 0 Å². The number of benzene rings is 3. The molecule has 7 heteroatoms. The van der Waals surface area contributed by atoms with Gasteiger partial charge in [0.15, 0.2) is 0 Å². The number of piperazine rings is 1. The van der Waals surface area contributed by atoms with Crippen LogP contribution in [0, 0.1) is 0 Å². The van der Waals surface area contributed by atoms with E-state index in [1.165, 1.54) is 0 Å². The summed E-state index contributed by atoms with van der Waals surface area (Å²) in [5.74, 6) is 2.40. The zero-order valence-corrected chi connectivity index (χ0v) is 20.4. The van der Waals surface area contributed by atoms with Crippen molar-refractivity contribution in [2.45, 2.75) is 10.6 Å². The van der Waals surface area contributed by atoms with Crippen LogP contribution >= 0.6 is 23.4 Å². The number of amides is 1. The summed E-state index contributed by atoms with van der Waals surface area (Å²) in [6.07, 6.45) is 0. The third kappa shape index (κ3) is 5.57. The van der Waals surface area contributed by atoms with E-state index in [1.54, 1.807) is 26.0 Å². The number of nitrogens with zero attached hydrogens (tertiary/aromatic N) is 2. The molecule has 1 fully saturated rings. The number of methoxy groups -OCH3 is 2. The molecule has 0 aromatic heterocycles. The second-order valence-corrected chi connectivity index (χ2v) is 9.21. The Labute approximate surface area is 204 Å². The number of ether oxygens (including phenoxy) is 2. The number of hydrogen-bond acceptors (Lipinski definition) is 5. The van der Waals surface area contributed by atoms with Crippen molar-refractivity contribution in [3.63, 3.8) is 0 Å². The Balaban J connectivity index is 1.42. The third-order valence-corrected chi connectivity index (χ3v) is 7.04. The number of carbonyl (C=O) groups excluding carboxylic acids is 1. The molecule has 172 valence electrons. The van der Waals surface area contributed by atoms with Crippen molar-refractivity contribution in [3.05, 3.63) is 82.9 Å². The minimum atomic E-state index is 0.0510. The van der Waals surface area contributed by atoms with Gasteiger partial charge in [0.05, 0.1) is 19.9 Å². The number of rotatable bonds is 7. The fourth-order valence-corrected chi connectivity index (χ4v) is 4.94. The molecule has 0 atom stereocenters. The van der Waals surface area contributed by atoms with E-state index in [4.69, 9.17) is 21.1 Å². The van der Waals surface area contributed by atoms with Crippen molar-refractivity contribution in [2.75, 3.05) is 45.3 Å². The lowest BCUT2D eigenvalue weighted by Crippen LogP contribution is -2.48. The van der Waals surface area contributed by atoms with E-state index in [-0.39, 0.29) is 5.91 Å². The predicted molar refractivity (Wildman–Crippen MR) is 135 cm³/mol. The average molecular weight is 483 g/mol. The van der Waals surface area contributed by atoms with Crippen LogP contribution in [0.4, 0.5) is 5.69 Å². The molecule has 0 aliphatic carbocycles. The highest BCUT2D eigenvalue weighted by Gasteiger charge is 2.24. The van der Waals surface area contributed by atoms with Crippen molar-refractivity contribution in [2.24, 2.45) is 0 Å². The second-order valence-electron chi connectivity index (χ2n) is 7.72. The smallest absolute Gasteiger partial charge is 0.253 e. The molecular weight excluding hydrogens is 456 g/mol. The van der Waals surface area contributed by atoms with Crippen LogP contribution in [0.5, 0.6) is 11.5 Å². The molecule has 0 unspecified atom stereocenters. The summed E-state index contributed by atoms with van der Waals surface area (Å²) in [6, 6.07) is 21.4. The first-order valence-electron chi connectivity index (χ1n) is 10.8. The van der Waals surface area contributed by atoms with Gasteiger partial charge < -0.3 is 19.3 Å². The van der Waals surface area contributed by atoms with Crippen LogP contribution in [0.2, 0.25) is 5.02 Å². The molecule has 0 radical (unpaired) electrons. The van der Waals surface area contributed by atoms with Gasteiger partial charge in [-0.05, 0) is 54.6 Å². The third-order valence-electron chi connectivity index (χ3n) is 5.73. The Morgan fingerprint density at radius 3 is 2.30 bits per heavy atom. The van der Waals surface area contributed by atoms with E-state index in [0.717, 1.165) is 45.8 Å². The molecule has 33 heavy (non-hydrogen) atoms. The normalized spacial score (nSPS) is 13.7. The van der Waals surface area contributed by atoms with E-state index in [2.05, 4.69) is 11.0 Å². The van der Waals surface area contributed by atoms with Crippen LogP contribution in [-0.4, -0.2) is 51.2 Å². The standard InChI is InChI=1S/C26H27ClN2O3S/c1-31-24-12-7-19(17-20(24)18-33-22-10-8-21(27)9-11-22)26(30)29-15-13-28(14-16-29)23-5-3-4-6-25(23)32-2/h3-12,17H,13-16,18H2,1-2H3. The van der Waals surface area contributed by atoms with Crippen LogP contribution in [0.25, 0.3) is 0 Å². The number of hydrogen-bond donors (Lipinski definition) is 0. The van der Waals surface area contributed by atoms with Crippen LogP contribution in [-0.2, 0) is 5.75 Å². The molecule has 0 bridgehead atoms. The summed E-state index contributed by atoms with van der Waals surface area (Å²) >= 11 is 7.67. The minimum Gasteiger partial charge on any atom is -0.496 e. The summed E-state index contributed by atoms with van der Waals surface area (Å²) in [4.78, 5) is 18.6. The van der Waals surface area contributed by atoms with Gasteiger partial charge in [0, 0.05) is 53.0 Å². The number of carbonyl (C=O) groups is 1. The van der Waals surface area contributed by atoms with E-state index >= 15 is 0 Å². The highest BCUT2D eigenvalue weighted by molar-refractivity contribution is 7.98. The van der Waals surface area contributed by atoms with Gasteiger partial charge in [-0.1, -0.05) is 23.7 Å². The Bertz CT molecular complexity index is 1100. The molecule has 5 nitrogen and oxygen atoms in total. The van der Waals surface area contributed by atoms with Gasteiger partial charge in [-0.25, -0.2) is 0 Å². The lowest BCUT2D eigenvalue weighted by Gasteiger charge is -2.36. The molecule has 3 aromatic carbocycles. The molecule has 1 saturated heterocycles. The van der Waals surface area contributed by atoms with Crippen molar-refractivity contribution >= 4 is 35.0 Å². The fourth-order valence-electron chi connectivity index (χ4n) is 3.94. The first-order chi connectivity index (χ1) is 16.1. The Hall–Kier alpha value is -2.83. The topological polar surface area (TPSA) is 42.0 Å². The van der Waals surface area contributed by atoms with E-state index in [9.17, 15) is 4.79 Å². The largest absolute Gasteiger partial charge is 0.496 e. The van der Waals surface area contributed by atoms with Gasteiger partial charge in [0.2, 0.25) is 0 Å². The maximum atomic E-state index is 13.3. The molecule has 3 aromatic rings. The van der Waals surface area contributed by atoms with Gasteiger partial charge >= 0.3 is 0 Å². The van der Waals surface area contributed by atoms with Crippen LogP contribution in [0.1, 0.15) is 15.9 Å². The molecule has 0 N–H and O–H groups in total. The van der Waals surface area contributed by atoms with Crippen LogP contribution in [0.15, 0.2) is 71.6 Å². The summed E-state index contributed by atoms with van der Waals surface area (Å²) in [6.45, 7) is 2.86. The molecule has 4 rings (SSSR count). The molecular formula is C26H27ClN2O3S. The van der Waals surface area contributed by atoms with E-state index in [1.807, 2.05) is 65.6 Å². The molecule has 1 heterocycles. The Kier molecular flexibility index (Phi) is 7.68. The van der Waals surface area contributed by atoms with E-state index in [0.29, 0.717) is 24.4 Å². The summed E-state index contributed by atoms with van der Waals surface area (Å²) in [5, 5.41) is 0.718. The van der Waals surface area contributed by atoms with Crippen molar-refractivity contribution in [1.82, 2.24) is 4.90 Å². The zero-order chi connectivity index (χ0) is 23.2. The number of thioether (sulfide) groups is 1. The van der Waals surface area contributed by atoms with Crippen molar-refractivity contribution < 1.29 is 14.3 Å². The van der Waals surface area contributed by atoms with E-state index < -0.39 is 0 Å². The van der Waals surface area contributed by atoms with Gasteiger partial charge in [-0.3, -0.25) is 4.79 Å². The van der Waals surface area contributed by atoms with Crippen LogP contribution < -0.4 is 14.4 Å². The first-order valence-corrected chi connectivity index (χ1v) is 12.2. The first kappa shape index (κ1) is 23.3. The SMILES string of the molecule is COc1ccc(C(=O)N2CCN(c3ccccc3OC)CC2)cc1CSc1ccc(Cl)cc1. The monoisotopic (exact) mass is 482 g/mol. The summed E-state index contributed by atoms with van der Waals surface area (Å²) < 4.78 is 11.0. The highest BCUT2D eigenvalue weighted by atomic mass is 35.5. The Morgan fingerprint density at radius 2 is 1.61 bits per heavy atom. The minimum absolute atomic E-state index is 0.0510. The molecule has 1 aliphatic rings. The Morgan fingerprint density at radius 1 is 0.909 bits per heavy atom. The summed E-state index contributed by atoms with van der Waals surface area (Å²) in [7, 11) is 3.34. The predicted octanol–water partition coefficient (Wildman–Crippen LogP) is 5.61. The van der Waals surface area contributed by atoms with Crippen LogP contribution in [0.3, 0.4) is 0 Å². The van der Waals surface area contributed by atoms with Crippen molar-refractivity contribution in [3.8, 4) is 11.5 Å². The second kappa shape index (κ2) is 10.9. The van der Waals surface area contributed by atoms with Gasteiger partial charge in [0.25, 0.3) is 5.91 Å². The maximum Gasteiger partial charge on any atom is 0.253 e. The molecule has 1 amide bonds. The van der Waals surface area contributed by atoms with Gasteiger partial charge in [-0.15, -0.1) is 11.8 Å². The molecule has 0 spiro atoms. The highest BCUT2D eigenvalue weighted by Crippen LogP contribution is 2.31. The molecule has 0 saturated carbocycles. The zero-order valence-electron chi connectivity index (χ0n) is 18.8. The lowest BCUT2D eigenvalue weighted by atomic mass is 10.1. The fraction of sp³-hybridized carbons (Fsp3) is 0.269. The molecule has 1 aliphatic heterocycles. The summed E-state index contributed by atoms with van der Waals surface area (Å²) in [5.41, 5.74) is 2.75. The number of para-hydroxylation sites is 2. The maximum absolute atomic E-state index is 13.3. The number of halogens is 1. The number of anilines is 1. The quantitative estimate of drug-likeness (QED) is 0.409. The van der Waals surface area contributed by atoms with Crippen molar-refractivity contribution in [1.29, 1.82) is 0 Å².